The summed E-state index contributed by atoms with van der Waals surface area (Å²) in [5.74, 6) is -108. The Kier molecular flexibility index (Phi) is 13.4. The van der Waals surface area contributed by atoms with Crippen LogP contribution in [0.4, 0.5) is 167 Å². The van der Waals surface area contributed by atoms with Crippen LogP contribution in [-0.2, 0) is 13.3 Å². The lowest BCUT2D eigenvalue weighted by atomic mass is 9.88. The molecule has 0 unspecified atom stereocenters. The van der Waals surface area contributed by atoms with Gasteiger partial charge in [0.2, 0.25) is 0 Å². The third kappa shape index (κ3) is 7.91. The van der Waals surface area contributed by atoms with Gasteiger partial charge in [-0.1, -0.05) is 0 Å². The molecule has 42 heteroatoms. The van der Waals surface area contributed by atoms with Crippen molar-refractivity contribution in [3.63, 3.8) is 0 Å². The molecule has 59 heavy (non-hydrogen) atoms. The molecule has 0 aliphatic rings. The molecule has 0 N–H and O–H groups in total. The average molecular weight is 1000 g/mol. The van der Waals surface area contributed by atoms with Gasteiger partial charge in [0.05, 0.1) is 0 Å². The maximum absolute atomic E-state index is 14.6. The molecule has 356 valence electrons. The monoisotopic (exact) mass is 1000 g/mol. The van der Waals surface area contributed by atoms with Crippen molar-refractivity contribution in [2.75, 3.05) is 0 Å². The van der Waals surface area contributed by atoms with Crippen LogP contribution in [0, 0.1) is 0 Å². The third-order valence-electron chi connectivity index (χ3n) is 6.17. The Morgan fingerprint density at radius 1 is 0.203 bits per heavy atom. The Bertz CT molecular complexity index is 1470. The highest BCUT2D eigenvalue weighted by Gasteiger charge is 3.00. The second-order valence-corrected chi connectivity index (χ2v) is 12.5. The summed E-state index contributed by atoms with van der Waals surface area (Å²) in [6.45, 7) is 0. The van der Waals surface area contributed by atoms with Gasteiger partial charge in [-0.2, -0.15) is 140 Å². The summed E-state index contributed by atoms with van der Waals surface area (Å²) in [4.78, 5) is 0. The zero-order valence-electron chi connectivity index (χ0n) is 24.6. The molecule has 0 bridgehead atoms. The summed E-state index contributed by atoms with van der Waals surface area (Å²) in [5.41, 5.74) is -10.1. The first-order valence-electron chi connectivity index (χ1n) is 11.9. The summed E-state index contributed by atoms with van der Waals surface area (Å²) in [5, 5.41) is 0. The third-order valence-corrected chi connectivity index (χ3v) is 8.78. The molecular weight excluding hydrogens is 1000 g/mol. The molecule has 0 spiro atoms. The van der Waals surface area contributed by atoms with Gasteiger partial charge in [0.25, 0.3) is 0 Å². The largest absolute Gasteiger partial charge is 0.599 e. The van der Waals surface area contributed by atoms with Crippen LogP contribution < -0.4 is 0 Å². The molecule has 0 aliphatic heterocycles. The lowest BCUT2D eigenvalue weighted by Crippen LogP contribution is -2.80. The Balaban J connectivity index is 8.44. The Hall–Kier alpha value is -2.56. The molecule has 0 saturated heterocycles. The van der Waals surface area contributed by atoms with E-state index in [1.165, 1.54) is 0 Å². The molecule has 0 aromatic heterocycles. The van der Waals surface area contributed by atoms with Gasteiger partial charge >= 0.3 is 111 Å². The molecule has 0 heterocycles. The number of alkyl halides is 38. The molecule has 0 fully saturated rings. The van der Waals surface area contributed by atoms with E-state index in [0.29, 0.717) is 0 Å². The van der Waals surface area contributed by atoms with E-state index >= 15 is 0 Å². The van der Waals surface area contributed by atoms with Gasteiger partial charge in [0.1, 0.15) is 0 Å². The molecule has 0 radical (unpaired) electrons. The van der Waals surface area contributed by atoms with E-state index < -0.39 is 111 Å². The van der Waals surface area contributed by atoms with E-state index in [0.717, 1.165) is 13.3 Å². The van der Waals surface area contributed by atoms with Crippen molar-refractivity contribution < 1.29 is 180 Å². The Morgan fingerprint density at radius 3 is 0.593 bits per heavy atom. The molecule has 0 amide bonds. The Labute approximate surface area is 292 Å². The maximum Gasteiger partial charge on any atom is 0.599 e. The number of rotatable bonds is 16. The van der Waals surface area contributed by atoms with Crippen molar-refractivity contribution in [1.82, 2.24) is 0 Å². The molecule has 0 saturated carbocycles. The zero-order chi connectivity index (χ0) is 49.1. The minimum atomic E-state index is -11.9. The van der Waals surface area contributed by atoms with Crippen molar-refractivity contribution >= 4 is 8.80 Å². The van der Waals surface area contributed by atoms with E-state index in [-0.39, 0.29) is 0 Å². The highest BCUT2D eigenvalue weighted by atomic mass is 28.4. The predicted molar refractivity (Wildman–Crippen MR) is 97.5 cm³/mol. The second kappa shape index (κ2) is 14.0. The number of halogens is 38. The fraction of sp³-hybridized carbons (Fsp3) is 1.00. The van der Waals surface area contributed by atoms with Gasteiger partial charge in [0.15, 0.2) is 0 Å². The van der Waals surface area contributed by atoms with Gasteiger partial charge in [-0.3, -0.25) is 8.85 Å². The fourth-order valence-electron chi connectivity index (χ4n) is 3.10. The van der Waals surface area contributed by atoms with Gasteiger partial charge in [-0.25, -0.2) is 0 Å². The molecule has 0 aliphatic carbocycles. The number of hydrogen-bond donors (Lipinski definition) is 0. The quantitative estimate of drug-likeness (QED) is 0.114. The predicted octanol–water partition coefficient (Wildman–Crippen LogP) is 11.9. The summed E-state index contributed by atoms with van der Waals surface area (Å²) < 4.78 is 510. The lowest BCUT2D eigenvalue weighted by Gasteiger charge is -2.46. The average Bonchev–Trinajstić information content (AvgIpc) is 2.92. The summed E-state index contributed by atoms with van der Waals surface area (Å²) >= 11 is 0. The van der Waals surface area contributed by atoms with Gasteiger partial charge in [-0.05, 0) is 0 Å². The molecule has 0 rings (SSSR count). The zero-order valence-corrected chi connectivity index (χ0v) is 25.6. The van der Waals surface area contributed by atoms with E-state index in [1.807, 2.05) is 0 Å². The highest BCUT2D eigenvalue weighted by molar-refractivity contribution is 6.64. The first-order valence-corrected chi connectivity index (χ1v) is 13.6. The fourth-order valence-corrected chi connectivity index (χ4v) is 5.23. The van der Waals surface area contributed by atoms with Crippen LogP contribution in [-0.4, -0.2) is 111 Å². The van der Waals surface area contributed by atoms with Gasteiger partial charge in [0, 0.05) is 0 Å². The van der Waals surface area contributed by atoms with Crippen LogP contribution in [0.2, 0.25) is 0 Å². The summed E-state index contributed by atoms with van der Waals surface area (Å²) in [6.07, 6.45) is -43.9. The van der Waals surface area contributed by atoms with E-state index in [9.17, 15) is 167 Å². The number of hydrogen-bond acceptors (Lipinski definition) is 3. The van der Waals surface area contributed by atoms with Crippen LogP contribution in [0.1, 0.15) is 0 Å². The smallest absolute Gasteiger partial charge is 0.304 e. The summed E-state index contributed by atoms with van der Waals surface area (Å²) in [6, 6.07) is 0. The SMILES string of the molecule is FC(F)(F)O[Si](OC(F)(F)F)(OC(F)(F)C(F)(F)C(F)(F)C(F)(F)C(F)(F)C(F)(F)C(F)(F)C(F)(F)C(F)(F)F)C(F)(F)C(F)(F)C(F)(F)C(F)(F)C(F)(F)C(F)(F)F. The van der Waals surface area contributed by atoms with Crippen molar-refractivity contribution in [1.29, 1.82) is 0 Å². The molecular formula is C17F38O3Si. The standard InChI is InChI=1S/C17F38O3Si/c18-1(19,2(20,21)4(24,25)8(32,33)12(40,41)42)3(22,23)6(28,29)10(36,37)14(46,47)56-59(57-16(50,51)52,58-17(53,54)55)15(48,49)11(38,39)7(30,31)5(26,27)9(34,35)13(43,44)45. The van der Waals surface area contributed by atoms with Crippen LogP contribution in [0.15, 0.2) is 0 Å². The van der Waals surface area contributed by atoms with Crippen LogP contribution >= 0.6 is 0 Å². The van der Waals surface area contributed by atoms with E-state index in [4.69, 9.17) is 0 Å². The Morgan fingerprint density at radius 2 is 0.390 bits per heavy atom. The maximum atomic E-state index is 14.6. The molecule has 3 nitrogen and oxygen atoms in total. The van der Waals surface area contributed by atoms with Crippen molar-refractivity contribution in [3.05, 3.63) is 0 Å². The van der Waals surface area contributed by atoms with Crippen LogP contribution in [0.25, 0.3) is 0 Å². The minimum absolute atomic E-state index is 0.791. The van der Waals surface area contributed by atoms with Gasteiger partial charge < -0.3 is 4.43 Å². The van der Waals surface area contributed by atoms with E-state index in [2.05, 4.69) is 0 Å². The first-order chi connectivity index (χ1) is 24.6. The lowest BCUT2D eigenvalue weighted by molar-refractivity contribution is -0.481. The first kappa shape index (κ1) is 56.4. The molecule has 0 aromatic carbocycles. The van der Waals surface area contributed by atoms with E-state index in [1.54, 1.807) is 0 Å². The van der Waals surface area contributed by atoms with Crippen molar-refractivity contribution in [2.45, 2.75) is 102 Å². The van der Waals surface area contributed by atoms with Crippen molar-refractivity contribution in [2.24, 2.45) is 0 Å². The summed E-state index contributed by atoms with van der Waals surface area (Å²) in [7, 11) is -11.9. The van der Waals surface area contributed by atoms with Crippen LogP contribution in [0.5, 0.6) is 0 Å². The van der Waals surface area contributed by atoms with Gasteiger partial charge in [-0.15, -0.1) is 26.3 Å². The van der Waals surface area contributed by atoms with Crippen LogP contribution in [0.3, 0.4) is 0 Å². The van der Waals surface area contributed by atoms with Crippen molar-refractivity contribution in [3.8, 4) is 0 Å². The second-order valence-electron chi connectivity index (χ2n) is 10.2. The minimum Gasteiger partial charge on any atom is -0.304 e. The normalized spacial score (nSPS) is 17.2. The molecule has 0 aromatic rings. The molecule has 0 atom stereocenters. The topological polar surface area (TPSA) is 27.7 Å². The highest BCUT2D eigenvalue weighted by Crippen LogP contribution is 2.67.